The van der Waals surface area contributed by atoms with Gasteiger partial charge in [0.25, 0.3) is 0 Å². The highest BCUT2D eigenvalue weighted by Crippen LogP contribution is 2.37. The van der Waals surface area contributed by atoms with Crippen LogP contribution in [0.5, 0.6) is 0 Å². The maximum absolute atomic E-state index is 12.4. The molecular weight excluding hydrogens is 244 g/mol. The van der Waals surface area contributed by atoms with Gasteiger partial charge in [0.1, 0.15) is 0 Å². The van der Waals surface area contributed by atoms with Crippen molar-refractivity contribution in [2.45, 2.75) is 66.9 Å². The van der Waals surface area contributed by atoms with Gasteiger partial charge in [-0.3, -0.25) is 9.59 Å². The number of ether oxygens (including phenoxy) is 1. The Morgan fingerprint density at radius 1 is 1.16 bits per heavy atom. The van der Waals surface area contributed by atoms with E-state index in [1.54, 1.807) is 13.8 Å². The summed E-state index contributed by atoms with van der Waals surface area (Å²) in [6.07, 6.45) is 1.72. The highest BCUT2D eigenvalue weighted by atomic mass is 16.5. The molecule has 2 unspecified atom stereocenters. The SMILES string of the molecule is CCCC(C)OC(=O)C(CC(C)C)(C(=O)O)C(C)C. The number of carboxylic acid groups (broad SMARTS) is 1. The van der Waals surface area contributed by atoms with Crippen LogP contribution in [0.4, 0.5) is 0 Å². The van der Waals surface area contributed by atoms with E-state index in [9.17, 15) is 14.7 Å². The molecule has 0 saturated carbocycles. The van der Waals surface area contributed by atoms with Gasteiger partial charge in [0, 0.05) is 0 Å². The van der Waals surface area contributed by atoms with Crippen molar-refractivity contribution >= 4 is 11.9 Å². The molecule has 0 fully saturated rings. The molecule has 0 spiro atoms. The topological polar surface area (TPSA) is 63.6 Å². The second-order valence-electron chi connectivity index (χ2n) is 6.03. The first kappa shape index (κ1) is 17.9. The van der Waals surface area contributed by atoms with Crippen LogP contribution in [0.3, 0.4) is 0 Å². The Bertz CT molecular complexity index is 309. The van der Waals surface area contributed by atoms with E-state index in [0.29, 0.717) is 6.42 Å². The normalized spacial score (nSPS) is 16.2. The van der Waals surface area contributed by atoms with E-state index >= 15 is 0 Å². The van der Waals surface area contributed by atoms with Crippen LogP contribution < -0.4 is 0 Å². The van der Waals surface area contributed by atoms with E-state index in [2.05, 4.69) is 0 Å². The molecule has 0 heterocycles. The molecule has 4 heteroatoms. The molecule has 19 heavy (non-hydrogen) atoms. The summed E-state index contributed by atoms with van der Waals surface area (Å²) in [4.78, 5) is 24.0. The van der Waals surface area contributed by atoms with Gasteiger partial charge >= 0.3 is 11.9 Å². The Labute approximate surface area is 116 Å². The average Bonchev–Trinajstić information content (AvgIpc) is 2.24. The molecular formula is C15H28O4. The molecule has 0 aliphatic rings. The van der Waals surface area contributed by atoms with Crippen LogP contribution in [0.2, 0.25) is 0 Å². The Morgan fingerprint density at radius 3 is 2.00 bits per heavy atom. The Balaban J connectivity index is 5.22. The number of hydrogen-bond donors (Lipinski definition) is 1. The van der Waals surface area contributed by atoms with Crippen molar-refractivity contribution in [3.05, 3.63) is 0 Å². The lowest BCUT2D eigenvalue weighted by molar-refractivity contribution is -0.177. The smallest absolute Gasteiger partial charge is 0.324 e. The summed E-state index contributed by atoms with van der Waals surface area (Å²) in [5.41, 5.74) is -1.43. The summed E-state index contributed by atoms with van der Waals surface area (Å²) >= 11 is 0. The van der Waals surface area contributed by atoms with Crippen molar-refractivity contribution < 1.29 is 19.4 Å². The molecule has 0 aliphatic heterocycles. The summed E-state index contributed by atoms with van der Waals surface area (Å²) in [7, 11) is 0. The maximum Gasteiger partial charge on any atom is 0.324 e. The standard InChI is InChI=1S/C15H28O4/c1-7-8-12(6)19-14(18)15(11(4)5,13(16)17)9-10(2)3/h10-12H,7-9H2,1-6H3,(H,16,17). The Morgan fingerprint density at radius 2 is 1.68 bits per heavy atom. The van der Waals surface area contributed by atoms with Crippen LogP contribution in [0.15, 0.2) is 0 Å². The first-order valence-electron chi connectivity index (χ1n) is 7.12. The molecule has 2 atom stereocenters. The minimum Gasteiger partial charge on any atom is -0.480 e. The number of esters is 1. The minimum absolute atomic E-state index is 0.118. The van der Waals surface area contributed by atoms with Gasteiger partial charge in [-0.1, -0.05) is 41.0 Å². The van der Waals surface area contributed by atoms with Crippen LogP contribution in [0.25, 0.3) is 0 Å². The number of carboxylic acids is 1. The van der Waals surface area contributed by atoms with Gasteiger partial charge < -0.3 is 9.84 Å². The summed E-state index contributed by atoms with van der Waals surface area (Å²) < 4.78 is 5.36. The first-order valence-corrected chi connectivity index (χ1v) is 7.12. The predicted octanol–water partition coefficient (Wildman–Crippen LogP) is 3.49. The number of carbonyl (C=O) groups is 2. The van der Waals surface area contributed by atoms with Crippen molar-refractivity contribution in [3.8, 4) is 0 Å². The molecule has 0 aromatic rings. The van der Waals surface area contributed by atoms with Gasteiger partial charge in [-0.15, -0.1) is 0 Å². The van der Waals surface area contributed by atoms with Crippen molar-refractivity contribution in [2.75, 3.05) is 0 Å². The van der Waals surface area contributed by atoms with Crippen molar-refractivity contribution in [1.29, 1.82) is 0 Å². The van der Waals surface area contributed by atoms with Crippen LogP contribution in [0.1, 0.15) is 60.8 Å². The zero-order chi connectivity index (χ0) is 15.2. The molecule has 0 aromatic heterocycles. The lowest BCUT2D eigenvalue weighted by Crippen LogP contribution is -2.47. The van der Waals surface area contributed by atoms with E-state index in [1.165, 1.54) is 0 Å². The summed E-state index contributed by atoms with van der Waals surface area (Å²) in [6, 6.07) is 0. The predicted molar refractivity (Wildman–Crippen MR) is 74.8 cm³/mol. The highest BCUT2D eigenvalue weighted by Gasteiger charge is 2.51. The molecule has 0 aliphatic carbocycles. The third kappa shape index (κ3) is 4.51. The monoisotopic (exact) mass is 272 g/mol. The molecule has 0 amide bonds. The van der Waals surface area contributed by atoms with Gasteiger partial charge in [0.15, 0.2) is 5.41 Å². The van der Waals surface area contributed by atoms with Crippen LogP contribution >= 0.6 is 0 Å². The minimum atomic E-state index is -1.43. The number of aliphatic carboxylic acids is 1. The molecule has 1 N–H and O–H groups in total. The largest absolute Gasteiger partial charge is 0.480 e. The maximum atomic E-state index is 12.4. The second kappa shape index (κ2) is 7.51. The first-order chi connectivity index (χ1) is 8.68. The summed E-state index contributed by atoms with van der Waals surface area (Å²) in [6.45, 7) is 11.2. The Kier molecular flexibility index (Phi) is 7.09. The van der Waals surface area contributed by atoms with E-state index in [4.69, 9.17) is 4.74 Å². The van der Waals surface area contributed by atoms with Crippen molar-refractivity contribution in [2.24, 2.45) is 17.3 Å². The Hall–Kier alpha value is -1.06. The molecule has 4 nitrogen and oxygen atoms in total. The molecule has 0 rings (SSSR count). The molecule has 0 aromatic carbocycles. The fourth-order valence-corrected chi connectivity index (χ4v) is 2.37. The quantitative estimate of drug-likeness (QED) is 0.542. The van der Waals surface area contributed by atoms with Crippen molar-refractivity contribution in [3.63, 3.8) is 0 Å². The van der Waals surface area contributed by atoms with E-state index < -0.39 is 17.4 Å². The molecule has 0 bridgehead atoms. The van der Waals surface area contributed by atoms with Crippen LogP contribution in [-0.2, 0) is 14.3 Å². The number of carbonyl (C=O) groups excluding carboxylic acids is 1. The van der Waals surface area contributed by atoms with E-state index in [0.717, 1.165) is 12.8 Å². The van der Waals surface area contributed by atoms with E-state index in [-0.39, 0.29) is 17.9 Å². The van der Waals surface area contributed by atoms with Crippen LogP contribution in [-0.4, -0.2) is 23.1 Å². The zero-order valence-corrected chi connectivity index (χ0v) is 13.0. The summed E-state index contributed by atoms with van der Waals surface area (Å²) in [5.74, 6) is -1.85. The van der Waals surface area contributed by atoms with Gasteiger partial charge in [-0.25, -0.2) is 0 Å². The lowest BCUT2D eigenvalue weighted by atomic mass is 9.71. The molecule has 0 saturated heterocycles. The fourth-order valence-electron chi connectivity index (χ4n) is 2.37. The van der Waals surface area contributed by atoms with Gasteiger partial charge in [0.05, 0.1) is 6.10 Å². The summed E-state index contributed by atoms with van der Waals surface area (Å²) in [5, 5.41) is 9.56. The average molecular weight is 272 g/mol. The van der Waals surface area contributed by atoms with Crippen molar-refractivity contribution in [1.82, 2.24) is 0 Å². The van der Waals surface area contributed by atoms with Gasteiger partial charge in [-0.05, 0) is 31.6 Å². The highest BCUT2D eigenvalue weighted by molar-refractivity contribution is 5.99. The molecule has 0 radical (unpaired) electrons. The van der Waals surface area contributed by atoms with Crippen LogP contribution in [0, 0.1) is 17.3 Å². The van der Waals surface area contributed by atoms with E-state index in [1.807, 2.05) is 27.7 Å². The van der Waals surface area contributed by atoms with Gasteiger partial charge in [-0.2, -0.15) is 0 Å². The lowest BCUT2D eigenvalue weighted by Gasteiger charge is -2.33. The second-order valence-corrected chi connectivity index (χ2v) is 6.03. The number of rotatable bonds is 8. The third-order valence-electron chi connectivity index (χ3n) is 3.47. The third-order valence-corrected chi connectivity index (χ3v) is 3.47. The zero-order valence-electron chi connectivity index (χ0n) is 13.0. The fraction of sp³-hybridized carbons (Fsp3) is 0.867. The van der Waals surface area contributed by atoms with Gasteiger partial charge in [0.2, 0.25) is 0 Å². The number of hydrogen-bond acceptors (Lipinski definition) is 3. The molecule has 112 valence electrons.